The summed E-state index contributed by atoms with van der Waals surface area (Å²) in [6.45, 7) is 0. The first kappa shape index (κ1) is 22.7. The molecule has 0 aliphatic heterocycles. The highest BCUT2D eigenvalue weighted by molar-refractivity contribution is 5.87. The Labute approximate surface area is 186 Å². The van der Waals surface area contributed by atoms with Crippen molar-refractivity contribution in [3.05, 3.63) is 72.0 Å². The van der Waals surface area contributed by atoms with Gasteiger partial charge in [0.1, 0.15) is 17.3 Å². The quantitative estimate of drug-likeness (QED) is 0.273. The Morgan fingerprint density at radius 2 is 1.69 bits per heavy atom. The topological polar surface area (TPSA) is 84.2 Å². The molecule has 0 amide bonds. The average molecular weight is 436 g/mol. The van der Waals surface area contributed by atoms with Gasteiger partial charge in [-0.1, -0.05) is 6.07 Å². The molecule has 0 aliphatic rings. The standard InChI is InChI=1S/C25H24O7/c1-28-19-8-6-18(7-9-19)21-13-10-20(31-21)11-15-25(27)32-22-12-4-17(16-23(22)29-2)5-14-24(26)30-3/h4-10,12-14,16H,11,15H2,1-3H3/b14-5+. The third-order valence-electron chi connectivity index (χ3n) is 4.64. The smallest absolute Gasteiger partial charge is 0.330 e. The van der Waals surface area contributed by atoms with Gasteiger partial charge in [0.2, 0.25) is 0 Å². The van der Waals surface area contributed by atoms with Crippen LogP contribution in [0.1, 0.15) is 17.7 Å². The van der Waals surface area contributed by atoms with Crippen LogP contribution in [0.5, 0.6) is 17.2 Å². The molecule has 1 aromatic heterocycles. The van der Waals surface area contributed by atoms with Gasteiger partial charge in [0.05, 0.1) is 27.8 Å². The van der Waals surface area contributed by atoms with E-state index in [-0.39, 0.29) is 6.42 Å². The van der Waals surface area contributed by atoms with Crippen molar-refractivity contribution in [2.45, 2.75) is 12.8 Å². The number of methoxy groups -OCH3 is 3. The number of ether oxygens (including phenoxy) is 4. The Morgan fingerprint density at radius 3 is 2.38 bits per heavy atom. The summed E-state index contributed by atoms with van der Waals surface area (Å²) in [5, 5.41) is 0. The predicted octanol–water partition coefficient (Wildman–Crippen LogP) is 4.69. The first-order chi connectivity index (χ1) is 15.5. The summed E-state index contributed by atoms with van der Waals surface area (Å²) in [5.74, 6) is 1.97. The summed E-state index contributed by atoms with van der Waals surface area (Å²) >= 11 is 0. The fourth-order valence-corrected chi connectivity index (χ4v) is 2.93. The van der Waals surface area contributed by atoms with E-state index in [0.717, 1.165) is 11.3 Å². The Hall–Kier alpha value is -4.00. The normalized spacial score (nSPS) is 10.7. The summed E-state index contributed by atoms with van der Waals surface area (Å²) in [7, 11) is 4.40. The minimum Gasteiger partial charge on any atom is -0.497 e. The lowest BCUT2D eigenvalue weighted by molar-refractivity contribution is -0.135. The average Bonchev–Trinajstić information content (AvgIpc) is 3.31. The number of carbonyl (C=O) groups excluding carboxylic acids is 2. The second-order valence-corrected chi connectivity index (χ2v) is 6.74. The monoisotopic (exact) mass is 436 g/mol. The van der Waals surface area contributed by atoms with E-state index in [1.165, 1.54) is 20.3 Å². The van der Waals surface area contributed by atoms with Crippen molar-refractivity contribution in [2.75, 3.05) is 21.3 Å². The van der Waals surface area contributed by atoms with E-state index in [2.05, 4.69) is 4.74 Å². The second-order valence-electron chi connectivity index (χ2n) is 6.74. The molecule has 3 rings (SSSR count). The molecule has 0 atom stereocenters. The van der Waals surface area contributed by atoms with E-state index in [4.69, 9.17) is 18.6 Å². The molecule has 166 valence electrons. The van der Waals surface area contributed by atoms with Crippen LogP contribution in [-0.2, 0) is 20.7 Å². The van der Waals surface area contributed by atoms with Crippen LogP contribution < -0.4 is 14.2 Å². The summed E-state index contributed by atoms with van der Waals surface area (Å²) in [6, 6.07) is 16.2. The van der Waals surface area contributed by atoms with Crippen molar-refractivity contribution in [1.29, 1.82) is 0 Å². The summed E-state index contributed by atoms with van der Waals surface area (Å²) < 4.78 is 26.3. The molecule has 7 nitrogen and oxygen atoms in total. The first-order valence-corrected chi connectivity index (χ1v) is 9.90. The number of rotatable bonds is 9. The number of esters is 2. The third kappa shape index (κ3) is 6.01. The molecule has 0 aliphatic carbocycles. The number of carbonyl (C=O) groups is 2. The number of hydrogen-bond donors (Lipinski definition) is 0. The number of furan rings is 1. The van der Waals surface area contributed by atoms with Crippen LogP contribution in [0.15, 0.2) is 65.1 Å². The fourth-order valence-electron chi connectivity index (χ4n) is 2.93. The van der Waals surface area contributed by atoms with Gasteiger partial charge in [0.25, 0.3) is 0 Å². The van der Waals surface area contributed by atoms with E-state index in [1.54, 1.807) is 31.4 Å². The van der Waals surface area contributed by atoms with Crippen molar-refractivity contribution in [1.82, 2.24) is 0 Å². The van der Waals surface area contributed by atoms with Gasteiger partial charge in [-0.05, 0) is 60.2 Å². The molecule has 0 saturated carbocycles. The van der Waals surface area contributed by atoms with Gasteiger partial charge < -0.3 is 23.4 Å². The SMILES string of the molecule is COC(=O)/C=C/c1ccc(OC(=O)CCc2ccc(-c3ccc(OC)cc3)o2)c(OC)c1. The number of hydrogen-bond acceptors (Lipinski definition) is 7. The van der Waals surface area contributed by atoms with Crippen LogP contribution in [0.25, 0.3) is 17.4 Å². The maximum absolute atomic E-state index is 12.3. The first-order valence-electron chi connectivity index (χ1n) is 9.90. The molecule has 0 fully saturated rings. The molecule has 2 aromatic carbocycles. The zero-order chi connectivity index (χ0) is 22.9. The molecule has 7 heteroatoms. The predicted molar refractivity (Wildman–Crippen MR) is 119 cm³/mol. The molecule has 0 N–H and O–H groups in total. The van der Waals surface area contributed by atoms with Crippen molar-refractivity contribution in [3.8, 4) is 28.6 Å². The van der Waals surface area contributed by atoms with E-state index >= 15 is 0 Å². The highest BCUT2D eigenvalue weighted by Crippen LogP contribution is 2.29. The van der Waals surface area contributed by atoms with Gasteiger partial charge in [-0.3, -0.25) is 4.79 Å². The second kappa shape index (κ2) is 10.9. The number of aryl methyl sites for hydroxylation is 1. The minimum absolute atomic E-state index is 0.142. The molecule has 3 aromatic rings. The molecule has 0 spiro atoms. The zero-order valence-corrected chi connectivity index (χ0v) is 18.1. The Morgan fingerprint density at radius 1 is 0.906 bits per heavy atom. The van der Waals surface area contributed by atoms with E-state index in [1.807, 2.05) is 36.4 Å². The summed E-state index contributed by atoms with van der Waals surface area (Å²) in [6.07, 6.45) is 3.42. The van der Waals surface area contributed by atoms with E-state index in [0.29, 0.717) is 35.0 Å². The summed E-state index contributed by atoms with van der Waals surface area (Å²) in [4.78, 5) is 23.6. The van der Waals surface area contributed by atoms with Gasteiger partial charge in [0.15, 0.2) is 11.5 Å². The van der Waals surface area contributed by atoms with Crippen molar-refractivity contribution < 1.29 is 33.0 Å². The van der Waals surface area contributed by atoms with Crippen LogP contribution in [0, 0.1) is 0 Å². The molecular weight excluding hydrogens is 412 g/mol. The van der Waals surface area contributed by atoms with Crippen LogP contribution in [0.2, 0.25) is 0 Å². The van der Waals surface area contributed by atoms with Crippen LogP contribution in [0.4, 0.5) is 0 Å². The van der Waals surface area contributed by atoms with Gasteiger partial charge in [-0.25, -0.2) is 4.79 Å². The Bertz CT molecular complexity index is 1090. The summed E-state index contributed by atoms with van der Waals surface area (Å²) in [5.41, 5.74) is 1.62. The van der Waals surface area contributed by atoms with Gasteiger partial charge in [-0.15, -0.1) is 0 Å². The fraction of sp³-hybridized carbons (Fsp3) is 0.200. The highest BCUT2D eigenvalue weighted by atomic mass is 16.6. The lowest BCUT2D eigenvalue weighted by Gasteiger charge is -2.09. The molecule has 0 bridgehead atoms. The maximum Gasteiger partial charge on any atom is 0.330 e. The van der Waals surface area contributed by atoms with E-state index in [9.17, 15) is 9.59 Å². The molecule has 0 radical (unpaired) electrons. The number of benzene rings is 2. The lowest BCUT2D eigenvalue weighted by Crippen LogP contribution is -2.09. The molecule has 0 saturated heterocycles. The zero-order valence-electron chi connectivity index (χ0n) is 18.1. The molecule has 32 heavy (non-hydrogen) atoms. The van der Waals surface area contributed by atoms with Crippen LogP contribution >= 0.6 is 0 Å². The van der Waals surface area contributed by atoms with Crippen LogP contribution in [0.3, 0.4) is 0 Å². The van der Waals surface area contributed by atoms with Crippen molar-refractivity contribution >= 4 is 18.0 Å². The van der Waals surface area contributed by atoms with Crippen molar-refractivity contribution in [2.24, 2.45) is 0 Å². The third-order valence-corrected chi connectivity index (χ3v) is 4.64. The highest BCUT2D eigenvalue weighted by Gasteiger charge is 2.13. The minimum atomic E-state index is -0.465. The van der Waals surface area contributed by atoms with E-state index < -0.39 is 11.9 Å². The largest absolute Gasteiger partial charge is 0.497 e. The van der Waals surface area contributed by atoms with Gasteiger partial charge >= 0.3 is 11.9 Å². The molecule has 1 heterocycles. The molecule has 0 unspecified atom stereocenters. The van der Waals surface area contributed by atoms with Crippen LogP contribution in [-0.4, -0.2) is 33.3 Å². The molecular formula is C25H24O7. The lowest BCUT2D eigenvalue weighted by atomic mass is 10.2. The Kier molecular flexibility index (Phi) is 7.70. The van der Waals surface area contributed by atoms with Gasteiger partial charge in [-0.2, -0.15) is 0 Å². The maximum atomic E-state index is 12.3. The van der Waals surface area contributed by atoms with Crippen molar-refractivity contribution in [3.63, 3.8) is 0 Å². The Balaban J connectivity index is 1.58. The van der Waals surface area contributed by atoms with Gasteiger partial charge in [0, 0.05) is 18.1 Å².